The van der Waals surface area contributed by atoms with E-state index in [1.54, 1.807) is 18.4 Å². The van der Waals surface area contributed by atoms with Crippen LogP contribution in [-0.2, 0) is 20.7 Å². The summed E-state index contributed by atoms with van der Waals surface area (Å²) in [5, 5.41) is 11.7. The van der Waals surface area contributed by atoms with Crippen LogP contribution < -0.4 is 0 Å². The highest BCUT2D eigenvalue weighted by Gasteiger charge is 2.52. The SMILES string of the molecule is COCc1cc(C=C(CO)B2OC(C)(C)C(C)(C)O2)cs1. The van der Waals surface area contributed by atoms with Crippen LogP contribution in [0, 0.1) is 0 Å². The Morgan fingerprint density at radius 2 is 1.95 bits per heavy atom. The van der Waals surface area contributed by atoms with Gasteiger partial charge >= 0.3 is 7.12 Å². The third-order valence-corrected chi connectivity index (χ3v) is 4.98. The summed E-state index contributed by atoms with van der Waals surface area (Å²) in [6.07, 6.45) is 1.93. The molecule has 1 N–H and O–H groups in total. The summed E-state index contributed by atoms with van der Waals surface area (Å²) in [5.74, 6) is 0. The summed E-state index contributed by atoms with van der Waals surface area (Å²) in [5.41, 5.74) is 0.963. The van der Waals surface area contributed by atoms with Crippen molar-refractivity contribution in [3.05, 3.63) is 27.4 Å². The van der Waals surface area contributed by atoms with E-state index in [2.05, 4.69) is 6.07 Å². The molecule has 1 aromatic heterocycles. The number of rotatable bonds is 5. The van der Waals surface area contributed by atoms with Crippen LogP contribution in [0.5, 0.6) is 0 Å². The van der Waals surface area contributed by atoms with E-state index in [-0.39, 0.29) is 6.61 Å². The van der Waals surface area contributed by atoms with Crippen LogP contribution in [0.3, 0.4) is 0 Å². The predicted octanol–water partition coefficient (Wildman–Crippen LogP) is 2.90. The van der Waals surface area contributed by atoms with Gasteiger partial charge in [-0.3, -0.25) is 0 Å². The lowest BCUT2D eigenvalue weighted by Crippen LogP contribution is -2.41. The van der Waals surface area contributed by atoms with Gasteiger partial charge in [0, 0.05) is 12.0 Å². The molecule has 0 spiro atoms. The molecule has 6 heteroatoms. The zero-order chi connectivity index (χ0) is 15.7. The molecule has 2 heterocycles. The predicted molar refractivity (Wildman–Crippen MR) is 86.2 cm³/mol. The molecule has 0 aliphatic carbocycles. The molecular formula is C15H23BO4S. The third kappa shape index (κ3) is 3.58. The van der Waals surface area contributed by atoms with Gasteiger partial charge in [0.1, 0.15) is 0 Å². The number of hydrogen-bond acceptors (Lipinski definition) is 5. The van der Waals surface area contributed by atoms with Gasteiger partial charge < -0.3 is 19.2 Å². The largest absolute Gasteiger partial charge is 0.492 e. The Bertz CT molecular complexity index is 505. The maximum atomic E-state index is 9.65. The summed E-state index contributed by atoms with van der Waals surface area (Å²) >= 11 is 1.64. The fraction of sp³-hybridized carbons (Fsp3) is 0.600. The summed E-state index contributed by atoms with van der Waals surface area (Å²) in [6.45, 7) is 8.52. The molecular weight excluding hydrogens is 287 g/mol. The van der Waals surface area contributed by atoms with Crippen molar-refractivity contribution in [2.45, 2.75) is 45.5 Å². The van der Waals surface area contributed by atoms with E-state index < -0.39 is 18.3 Å². The first-order chi connectivity index (χ1) is 9.79. The molecule has 116 valence electrons. The Kier molecular flexibility index (Phi) is 4.95. The highest BCUT2D eigenvalue weighted by molar-refractivity contribution is 7.10. The van der Waals surface area contributed by atoms with Gasteiger partial charge in [-0.15, -0.1) is 11.3 Å². The van der Waals surface area contributed by atoms with Crippen molar-refractivity contribution in [1.29, 1.82) is 0 Å². The molecule has 0 atom stereocenters. The van der Waals surface area contributed by atoms with Gasteiger partial charge in [-0.2, -0.15) is 0 Å². The Hall–Kier alpha value is -0.655. The van der Waals surface area contributed by atoms with Crippen molar-refractivity contribution < 1.29 is 19.2 Å². The quantitative estimate of drug-likeness (QED) is 0.850. The molecule has 21 heavy (non-hydrogen) atoms. The second-order valence-electron chi connectivity index (χ2n) is 6.24. The summed E-state index contributed by atoms with van der Waals surface area (Å²) in [7, 11) is 1.17. The van der Waals surface area contributed by atoms with Crippen LogP contribution in [0.25, 0.3) is 6.08 Å². The topological polar surface area (TPSA) is 47.9 Å². The first-order valence-electron chi connectivity index (χ1n) is 7.02. The molecule has 1 saturated heterocycles. The molecule has 1 aliphatic heterocycles. The molecule has 0 amide bonds. The lowest BCUT2D eigenvalue weighted by Gasteiger charge is -2.32. The second-order valence-corrected chi connectivity index (χ2v) is 7.24. The summed E-state index contributed by atoms with van der Waals surface area (Å²) in [4.78, 5) is 1.15. The first-order valence-corrected chi connectivity index (χ1v) is 7.90. The monoisotopic (exact) mass is 310 g/mol. The van der Waals surface area contributed by atoms with Crippen LogP contribution in [0.2, 0.25) is 0 Å². The standard InChI is InChI=1S/C15H23BO4S/c1-14(2)15(3,4)20-16(19-14)12(8-17)6-11-7-13(9-18-5)21-10-11/h6-7,10,17H,8-9H2,1-5H3. The van der Waals surface area contributed by atoms with E-state index in [9.17, 15) is 5.11 Å². The second kappa shape index (κ2) is 6.22. The minimum atomic E-state index is -0.509. The number of methoxy groups -OCH3 is 1. The average Bonchev–Trinajstić information content (AvgIpc) is 2.90. The molecule has 2 rings (SSSR count). The van der Waals surface area contributed by atoms with Gasteiger partial charge in [0.05, 0.1) is 24.4 Å². The highest BCUT2D eigenvalue weighted by atomic mass is 32.1. The minimum Gasteiger partial charge on any atom is -0.400 e. The number of aliphatic hydroxyl groups excluding tert-OH is 1. The molecule has 0 aromatic carbocycles. The fourth-order valence-corrected chi connectivity index (χ4v) is 2.90. The van der Waals surface area contributed by atoms with E-state index >= 15 is 0 Å². The van der Waals surface area contributed by atoms with E-state index in [0.717, 1.165) is 15.9 Å². The van der Waals surface area contributed by atoms with Crippen LogP contribution in [-0.4, -0.2) is 37.1 Å². The number of hydrogen-bond donors (Lipinski definition) is 1. The van der Waals surface area contributed by atoms with Crippen molar-refractivity contribution in [2.75, 3.05) is 13.7 Å². The zero-order valence-electron chi connectivity index (χ0n) is 13.3. The summed E-state index contributed by atoms with van der Waals surface area (Å²) in [6, 6.07) is 2.05. The Labute approximate surface area is 130 Å². The zero-order valence-corrected chi connectivity index (χ0v) is 14.1. The van der Waals surface area contributed by atoms with Gasteiger partial charge in [0.15, 0.2) is 0 Å². The normalized spacial score (nSPS) is 21.0. The number of thiophene rings is 1. The number of ether oxygens (including phenoxy) is 1. The van der Waals surface area contributed by atoms with Crippen LogP contribution in [0.4, 0.5) is 0 Å². The lowest BCUT2D eigenvalue weighted by atomic mass is 9.78. The summed E-state index contributed by atoms with van der Waals surface area (Å²) < 4.78 is 17.1. The molecule has 0 bridgehead atoms. The highest BCUT2D eigenvalue weighted by Crippen LogP contribution is 2.38. The van der Waals surface area contributed by atoms with Crippen LogP contribution >= 0.6 is 11.3 Å². The van der Waals surface area contributed by atoms with Crippen molar-refractivity contribution >= 4 is 24.5 Å². The molecule has 0 radical (unpaired) electrons. The van der Waals surface area contributed by atoms with Crippen molar-refractivity contribution in [2.24, 2.45) is 0 Å². The Morgan fingerprint density at radius 3 is 2.48 bits per heavy atom. The minimum absolute atomic E-state index is 0.0910. The van der Waals surface area contributed by atoms with Gasteiger partial charge in [0.2, 0.25) is 0 Å². The molecule has 4 nitrogen and oxygen atoms in total. The molecule has 1 fully saturated rings. The van der Waals surface area contributed by atoms with Crippen molar-refractivity contribution in [3.63, 3.8) is 0 Å². The molecule has 0 saturated carbocycles. The number of aliphatic hydroxyl groups is 1. The van der Waals surface area contributed by atoms with Crippen LogP contribution in [0.15, 0.2) is 16.9 Å². The van der Waals surface area contributed by atoms with Crippen molar-refractivity contribution in [1.82, 2.24) is 0 Å². The van der Waals surface area contributed by atoms with E-state index in [1.165, 1.54) is 0 Å². The molecule has 1 aliphatic rings. The average molecular weight is 310 g/mol. The van der Waals surface area contributed by atoms with Crippen molar-refractivity contribution in [3.8, 4) is 0 Å². The fourth-order valence-electron chi connectivity index (χ4n) is 2.09. The maximum Gasteiger partial charge on any atom is 0.492 e. The maximum absolute atomic E-state index is 9.65. The van der Waals surface area contributed by atoms with E-state index in [4.69, 9.17) is 14.0 Å². The van der Waals surface area contributed by atoms with Gasteiger partial charge in [0.25, 0.3) is 0 Å². The van der Waals surface area contributed by atoms with E-state index in [0.29, 0.717) is 6.61 Å². The lowest BCUT2D eigenvalue weighted by molar-refractivity contribution is 0.00578. The Balaban J connectivity index is 2.18. The molecule has 0 unspecified atom stereocenters. The molecule has 1 aromatic rings. The van der Waals surface area contributed by atoms with Gasteiger partial charge in [-0.25, -0.2) is 0 Å². The Morgan fingerprint density at radius 1 is 1.33 bits per heavy atom. The first kappa shape index (κ1) is 16.7. The van der Waals surface area contributed by atoms with Gasteiger partial charge in [-0.05, 0) is 50.2 Å². The smallest absolute Gasteiger partial charge is 0.400 e. The van der Waals surface area contributed by atoms with E-state index in [1.807, 2.05) is 39.2 Å². The third-order valence-electron chi connectivity index (χ3n) is 4.05. The van der Waals surface area contributed by atoms with Crippen LogP contribution in [0.1, 0.15) is 38.1 Å². The van der Waals surface area contributed by atoms with Gasteiger partial charge in [-0.1, -0.05) is 6.08 Å².